The summed E-state index contributed by atoms with van der Waals surface area (Å²) in [5, 5.41) is 10.7. The molecule has 0 N–H and O–H groups in total. The van der Waals surface area contributed by atoms with E-state index in [1.807, 2.05) is 0 Å². The number of nitrogens with zero attached hydrogens (tertiary/aromatic N) is 2. The molecule has 13 heavy (non-hydrogen) atoms. The molecule has 0 aromatic carbocycles. The van der Waals surface area contributed by atoms with Crippen LogP contribution in [0, 0.1) is 10.1 Å². The van der Waals surface area contributed by atoms with E-state index < -0.39 is 4.92 Å². The minimum Gasteiger partial charge on any atom is -0.258 e. The lowest BCUT2D eigenvalue weighted by Gasteiger charge is -2.01. The Labute approximate surface area is 80.0 Å². The van der Waals surface area contributed by atoms with Gasteiger partial charge in [-0.15, -0.1) is 0 Å². The Bertz CT molecular complexity index is 376. The first-order valence-electron chi connectivity index (χ1n) is 3.49. The van der Waals surface area contributed by atoms with Gasteiger partial charge in [-0.3, -0.25) is 10.1 Å². The van der Waals surface area contributed by atoms with E-state index >= 15 is 0 Å². The lowest BCUT2D eigenvalue weighted by Crippen LogP contribution is -1.96. The number of allylic oxidation sites excluding steroid dienone is 1. The van der Waals surface area contributed by atoms with Gasteiger partial charge in [0.2, 0.25) is 0 Å². The van der Waals surface area contributed by atoms with Gasteiger partial charge in [0.25, 0.3) is 0 Å². The van der Waals surface area contributed by atoms with E-state index in [4.69, 9.17) is 11.6 Å². The van der Waals surface area contributed by atoms with Gasteiger partial charge in [0.15, 0.2) is 0 Å². The Balaban J connectivity index is 3.43. The number of halogens is 1. The summed E-state index contributed by atoms with van der Waals surface area (Å²) in [6.45, 7) is 5.23. The number of pyridine rings is 1. The maximum absolute atomic E-state index is 10.6. The molecule has 0 radical (unpaired) electrons. The van der Waals surface area contributed by atoms with Crippen molar-refractivity contribution in [2.45, 2.75) is 6.92 Å². The minimum atomic E-state index is -0.556. The summed E-state index contributed by atoms with van der Waals surface area (Å²) in [6.07, 6.45) is 1.42. The molecule has 1 aromatic rings. The van der Waals surface area contributed by atoms with Gasteiger partial charge in [-0.2, -0.15) is 0 Å². The molecule has 1 heterocycles. The van der Waals surface area contributed by atoms with Crippen LogP contribution < -0.4 is 0 Å². The molecular weight excluding hydrogens is 192 g/mol. The normalized spacial score (nSPS) is 9.69. The van der Waals surface area contributed by atoms with E-state index in [0.717, 1.165) is 0 Å². The summed E-state index contributed by atoms with van der Waals surface area (Å²) >= 11 is 5.65. The summed E-state index contributed by atoms with van der Waals surface area (Å²) in [5.74, 6) is 0. The molecule has 1 rings (SSSR count). The molecule has 0 aliphatic carbocycles. The van der Waals surface area contributed by atoms with Crippen molar-refractivity contribution >= 4 is 22.9 Å². The first-order valence-corrected chi connectivity index (χ1v) is 3.86. The maximum Gasteiger partial charge on any atom is 0.313 e. The van der Waals surface area contributed by atoms with Crippen LogP contribution >= 0.6 is 11.6 Å². The Morgan fingerprint density at radius 3 is 2.77 bits per heavy atom. The second-order valence-corrected chi connectivity index (χ2v) is 2.93. The van der Waals surface area contributed by atoms with Gasteiger partial charge in [0.05, 0.1) is 4.92 Å². The van der Waals surface area contributed by atoms with Gasteiger partial charge in [0, 0.05) is 6.20 Å². The number of nitro groups is 1. The van der Waals surface area contributed by atoms with Crippen molar-refractivity contribution in [3.05, 3.63) is 39.7 Å². The van der Waals surface area contributed by atoms with Crippen molar-refractivity contribution in [3.63, 3.8) is 0 Å². The molecule has 5 heteroatoms. The van der Waals surface area contributed by atoms with Crippen LogP contribution in [0.1, 0.15) is 12.6 Å². The second-order valence-electron chi connectivity index (χ2n) is 2.53. The zero-order valence-electron chi connectivity index (χ0n) is 6.95. The van der Waals surface area contributed by atoms with E-state index in [1.165, 1.54) is 12.3 Å². The lowest BCUT2D eigenvalue weighted by atomic mass is 10.2. The van der Waals surface area contributed by atoms with E-state index in [0.29, 0.717) is 5.57 Å². The van der Waals surface area contributed by atoms with Crippen LogP contribution in [0.4, 0.5) is 5.69 Å². The number of hydrogen-bond donors (Lipinski definition) is 0. The highest BCUT2D eigenvalue weighted by molar-refractivity contribution is 6.32. The summed E-state index contributed by atoms with van der Waals surface area (Å²) in [6, 6.07) is 1.38. The Kier molecular flexibility index (Phi) is 2.63. The fourth-order valence-corrected chi connectivity index (χ4v) is 1.13. The maximum atomic E-state index is 10.6. The van der Waals surface area contributed by atoms with Crippen molar-refractivity contribution < 1.29 is 4.92 Å². The largest absolute Gasteiger partial charge is 0.313 e. The lowest BCUT2D eigenvalue weighted by molar-refractivity contribution is -0.385. The van der Waals surface area contributed by atoms with Crippen LogP contribution in [-0.4, -0.2) is 9.91 Å². The molecule has 0 aliphatic heterocycles. The Morgan fingerprint density at radius 1 is 1.77 bits per heavy atom. The minimum absolute atomic E-state index is 0.0815. The highest BCUT2D eigenvalue weighted by Gasteiger charge is 2.19. The zero-order chi connectivity index (χ0) is 10.0. The predicted octanol–water partition coefficient (Wildman–Crippen LogP) is 2.68. The number of hydrogen-bond acceptors (Lipinski definition) is 3. The average Bonchev–Trinajstić information content (AvgIpc) is 2.02. The molecule has 0 unspecified atom stereocenters. The zero-order valence-corrected chi connectivity index (χ0v) is 7.71. The molecule has 0 spiro atoms. The highest BCUT2D eigenvalue weighted by atomic mass is 35.5. The Morgan fingerprint density at radius 2 is 2.38 bits per heavy atom. The van der Waals surface area contributed by atoms with Gasteiger partial charge in [-0.25, -0.2) is 4.98 Å². The monoisotopic (exact) mass is 198 g/mol. The molecule has 0 bridgehead atoms. The van der Waals surface area contributed by atoms with Crippen LogP contribution in [0.3, 0.4) is 0 Å². The smallest absolute Gasteiger partial charge is 0.258 e. The first kappa shape index (κ1) is 9.67. The van der Waals surface area contributed by atoms with Crippen LogP contribution in [0.25, 0.3) is 5.57 Å². The molecule has 4 nitrogen and oxygen atoms in total. The summed E-state index contributed by atoms with van der Waals surface area (Å²) < 4.78 is 0. The topological polar surface area (TPSA) is 56.0 Å². The molecule has 0 amide bonds. The van der Waals surface area contributed by atoms with E-state index in [-0.39, 0.29) is 16.4 Å². The molecule has 0 saturated heterocycles. The molecule has 0 atom stereocenters. The van der Waals surface area contributed by atoms with E-state index in [9.17, 15) is 10.1 Å². The quantitative estimate of drug-likeness (QED) is 0.542. The van der Waals surface area contributed by atoms with Crippen molar-refractivity contribution in [2.24, 2.45) is 0 Å². The van der Waals surface area contributed by atoms with Crippen LogP contribution in [0.5, 0.6) is 0 Å². The van der Waals surface area contributed by atoms with Crippen LogP contribution in [-0.2, 0) is 0 Å². The van der Waals surface area contributed by atoms with Crippen molar-refractivity contribution in [1.29, 1.82) is 0 Å². The van der Waals surface area contributed by atoms with Gasteiger partial charge >= 0.3 is 5.69 Å². The standard InChI is InChI=1S/C8H7ClN2O2/c1-5(2)7-8(11(12)13)6(9)3-4-10-7/h3-4H,1H2,2H3. The van der Waals surface area contributed by atoms with Crippen LogP contribution in [0.2, 0.25) is 5.02 Å². The van der Waals surface area contributed by atoms with Gasteiger partial charge in [0.1, 0.15) is 10.7 Å². The predicted molar refractivity (Wildman–Crippen MR) is 50.6 cm³/mol. The van der Waals surface area contributed by atoms with Gasteiger partial charge in [-0.1, -0.05) is 18.2 Å². The second kappa shape index (κ2) is 3.53. The summed E-state index contributed by atoms with van der Waals surface area (Å²) in [7, 11) is 0. The van der Waals surface area contributed by atoms with Crippen molar-refractivity contribution in [1.82, 2.24) is 4.98 Å². The van der Waals surface area contributed by atoms with Crippen molar-refractivity contribution in [3.8, 4) is 0 Å². The first-order chi connectivity index (χ1) is 6.04. The van der Waals surface area contributed by atoms with E-state index in [1.54, 1.807) is 6.92 Å². The summed E-state index contributed by atoms with van der Waals surface area (Å²) in [4.78, 5) is 13.9. The molecule has 1 aromatic heterocycles. The van der Waals surface area contributed by atoms with E-state index in [2.05, 4.69) is 11.6 Å². The molecular formula is C8H7ClN2O2. The fraction of sp³-hybridized carbons (Fsp3) is 0.125. The molecule has 0 aliphatic rings. The highest BCUT2D eigenvalue weighted by Crippen LogP contribution is 2.29. The SMILES string of the molecule is C=C(C)c1nccc(Cl)c1[N+](=O)[O-]. The number of aromatic nitrogens is 1. The van der Waals surface area contributed by atoms with Crippen LogP contribution in [0.15, 0.2) is 18.8 Å². The average molecular weight is 199 g/mol. The summed E-state index contributed by atoms with van der Waals surface area (Å²) in [5.41, 5.74) is 0.573. The Hall–Kier alpha value is -1.42. The molecule has 0 fully saturated rings. The van der Waals surface area contributed by atoms with Gasteiger partial charge < -0.3 is 0 Å². The molecule has 0 saturated carbocycles. The third-order valence-electron chi connectivity index (χ3n) is 1.46. The third-order valence-corrected chi connectivity index (χ3v) is 1.77. The number of rotatable bonds is 2. The van der Waals surface area contributed by atoms with Gasteiger partial charge in [-0.05, 0) is 18.6 Å². The fourth-order valence-electron chi connectivity index (χ4n) is 0.916. The molecule has 68 valence electrons. The van der Waals surface area contributed by atoms with Crippen molar-refractivity contribution in [2.75, 3.05) is 0 Å². The third kappa shape index (κ3) is 1.84.